The third kappa shape index (κ3) is 2.59. The maximum Gasteiger partial charge on any atom is 0.256 e. The van der Waals surface area contributed by atoms with Crippen LogP contribution in [0.2, 0.25) is 0 Å². The van der Waals surface area contributed by atoms with Gasteiger partial charge in [0.05, 0.1) is 24.1 Å². The molecule has 3 heterocycles. The van der Waals surface area contributed by atoms with Gasteiger partial charge in [-0.3, -0.25) is 9.69 Å². The SMILES string of the molecule is CSc1nc2c(c(=O)[nH]1)CN(Cc1ccco1)CC2. The molecule has 0 saturated carbocycles. The van der Waals surface area contributed by atoms with Gasteiger partial charge in [-0.25, -0.2) is 4.98 Å². The topological polar surface area (TPSA) is 62.1 Å². The van der Waals surface area contributed by atoms with Crippen molar-refractivity contribution in [2.75, 3.05) is 12.8 Å². The molecule has 0 atom stereocenters. The summed E-state index contributed by atoms with van der Waals surface area (Å²) in [6.07, 6.45) is 4.40. The monoisotopic (exact) mass is 277 g/mol. The molecule has 19 heavy (non-hydrogen) atoms. The van der Waals surface area contributed by atoms with Gasteiger partial charge in [0, 0.05) is 19.5 Å². The zero-order valence-electron chi connectivity index (χ0n) is 10.7. The molecule has 1 aliphatic heterocycles. The van der Waals surface area contributed by atoms with Gasteiger partial charge in [-0.15, -0.1) is 0 Å². The molecule has 100 valence electrons. The second-order valence-electron chi connectivity index (χ2n) is 4.54. The molecule has 0 radical (unpaired) electrons. The Morgan fingerprint density at radius 2 is 2.47 bits per heavy atom. The average Bonchev–Trinajstić information content (AvgIpc) is 2.92. The third-order valence-electron chi connectivity index (χ3n) is 3.28. The van der Waals surface area contributed by atoms with E-state index in [0.29, 0.717) is 11.7 Å². The highest BCUT2D eigenvalue weighted by Crippen LogP contribution is 2.18. The van der Waals surface area contributed by atoms with Crippen molar-refractivity contribution in [2.45, 2.75) is 24.7 Å². The van der Waals surface area contributed by atoms with Crippen LogP contribution in [0.1, 0.15) is 17.0 Å². The first kappa shape index (κ1) is 12.5. The van der Waals surface area contributed by atoms with E-state index >= 15 is 0 Å². The van der Waals surface area contributed by atoms with Gasteiger partial charge in [-0.2, -0.15) is 0 Å². The summed E-state index contributed by atoms with van der Waals surface area (Å²) in [5, 5.41) is 0.697. The molecule has 0 aliphatic carbocycles. The van der Waals surface area contributed by atoms with Gasteiger partial charge in [0.2, 0.25) is 0 Å². The molecule has 0 fully saturated rings. The lowest BCUT2D eigenvalue weighted by atomic mass is 10.1. The Balaban J connectivity index is 1.82. The molecule has 2 aromatic rings. The number of nitrogens with one attached hydrogen (secondary N) is 1. The van der Waals surface area contributed by atoms with Crippen LogP contribution in [0.3, 0.4) is 0 Å². The normalized spacial score (nSPS) is 15.4. The number of aromatic amines is 1. The second-order valence-corrected chi connectivity index (χ2v) is 5.34. The van der Waals surface area contributed by atoms with E-state index in [9.17, 15) is 4.79 Å². The number of rotatable bonds is 3. The zero-order chi connectivity index (χ0) is 13.2. The van der Waals surface area contributed by atoms with E-state index in [0.717, 1.165) is 36.5 Å². The Bertz CT molecular complexity index is 621. The van der Waals surface area contributed by atoms with Crippen molar-refractivity contribution in [3.63, 3.8) is 0 Å². The minimum Gasteiger partial charge on any atom is -0.468 e. The summed E-state index contributed by atoms with van der Waals surface area (Å²) >= 11 is 1.47. The Morgan fingerprint density at radius 1 is 1.58 bits per heavy atom. The fraction of sp³-hybridized carbons (Fsp3) is 0.385. The molecule has 1 N–H and O–H groups in total. The minimum absolute atomic E-state index is 0.0153. The van der Waals surface area contributed by atoms with Crippen LogP contribution in [0.4, 0.5) is 0 Å². The number of aromatic nitrogens is 2. The van der Waals surface area contributed by atoms with Crippen LogP contribution in [0.15, 0.2) is 32.8 Å². The first-order valence-corrected chi connectivity index (χ1v) is 7.39. The molecule has 6 heteroatoms. The molecule has 1 aliphatic rings. The van der Waals surface area contributed by atoms with E-state index in [2.05, 4.69) is 14.9 Å². The molecule has 0 aromatic carbocycles. The van der Waals surface area contributed by atoms with Crippen molar-refractivity contribution < 1.29 is 4.42 Å². The van der Waals surface area contributed by atoms with Crippen molar-refractivity contribution in [2.24, 2.45) is 0 Å². The molecule has 0 unspecified atom stereocenters. The minimum atomic E-state index is -0.0153. The van der Waals surface area contributed by atoms with Crippen molar-refractivity contribution in [3.05, 3.63) is 45.8 Å². The van der Waals surface area contributed by atoms with Gasteiger partial charge in [0.1, 0.15) is 5.76 Å². The first-order valence-electron chi connectivity index (χ1n) is 6.17. The smallest absolute Gasteiger partial charge is 0.256 e. The summed E-state index contributed by atoms with van der Waals surface area (Å²) in [7, 11) is 0. The van der Waals surface area contributed by atoms with Crippen molar-refractivity contribution >= 4 is 11.8 Å². The predicted octanol–water partition coefficient (Wildman–Crippen LogP) is 1.64. The van der Waals surface area contributed by atoms with Crippen molar-refractivity contribution in [3.8, 4) is 0 Å². The highest BCUT2D eigenvalue weighted by molar-refractivity contribution is 7.98. The molecule has 0 bridgehead atoms. The quantitative estimate of drug-likeness (QED) is 0.682. The molecule has 0 amide bonds. The maximum absolute atomic E-state index is 12.0. The summed E-state index contributed by atoms with van der Waals surface area (Å²) in [5.41, 5.74) is 1.71. The number of fused-ring (bicyclic) bond motifs is 1. The van der Waals surface area contributed by atoms with Crippen molar-refractivity contribution in [1.82, 2.24) is 14.9 Å². The summed E-state index contributed by atoms with van der Waals surface area (Å²) in [6, 6.07) is 3.83. The highest BCUT2D eigenvalue weighted by atomic mass is 32.2. The van der Waals surface area contributed by atoms with Gasteiger partial charge in [0.15, 0.2) is 5.16 Å². The number of nitrogens with zero attached hydrogens (tertiary/aromatic N) is 2. The number of hydrogen-bond donors (Lipinski definition) is 1. The summed E-state index contributed by atoms with van der Waals surface area (Å²) < 4.78 is 5.34. The van der Waals surface area contributed by atoms with E-state index in [4.69, 9.17) is 4.42 Å². The molecule has 5 nitrogen and oxygen atoms in total. The van der Waals surface area contributed by atoms with Crippen LogP contribution in [-0.2, 0) is 19.5 Å². The van der Waals surface area contributed by atoms with Crippen LogP contribution < -0.4 is 5.56 Å². The van der Waals surface area contributed by atoms with Gasteiger partial charge < -0.3 is 9.40 Å². The van der Waals surface area contributed by atoms with E-state index < -0.39 is 0 Å². The predicted molar refractivity (Wildman–Crippen MR) is 73.2 cm³/mol. The van der Waals surface area contributed by atoms with Crippen LogP contribution >= 0.6 is 11.8 Å². The standard InChI is InChI=1S/C13H15N3O2S/c1-19-13-14-11-4-5-16(7-9-3-2-6-18-9)8-10(11)12(17)15-13/h2-3,6H,4-5,7-8H2,1H3,(H,14,15,17). The fourth-order valence-corrected chi connectivity index (χ4v) is 2.71. The third-order valence-corrected chi connectivity index (χ3v) is 3.86. The lowest BCUT2D eigenvalue weighted by Gasteiger charge is -2.26. The van der Waals surface area contributed by atoms with Crippen LogP contribution in [0, 0.1) is 0 Å². The number of hydrogen-bond acceptors (Lipinski definition) is 5. The highest BCUT2D eigenvalue weighted by Gasteiger charge is 2.21. The Kier molecular flexibility index (Phi) is 3.44. The molecule has 2 aromatic heterocycles. The largest absolute Gasteiger partial charge is 0.468 e. The van der Waals surface area contributed by atoms with Crippen LogP contribution in [0.5, 0.6) is 0 Å². The van der Waals surface area contributed by atoms with Crippen LogP contribution in [-0.4, -0.2) is 27.7 Å². The summed E-state index contributed by atoms with van der Waals surface area (Å²) in [5.74, 6) is 0.925. The lowest BCUT2D eigenvalue weighted by Crippen LogP contribution is -2.35. The number of thioether (sulfide) groups is 1. The Morgan fingerprint density at radius 3 is 3.21 bits per heavy atom. The zero-order valence-corrected chi connectivity index (χ0v) is 11.5. The number of furan rings is 1. The number of H-pyrrole nitrogens is 1. The molecule has 0 saturated heterocycles. The van der Waals surface area contributed by atoms with Gasteiger partial charge in [-0.05, 0) is 18.4 Å². The molecule has 0 spiro atoms. The van der Waals surface area contributed by atoms with Gasteiger partial charge in [0.25, 0.3) is 5.56 Å². The van der Waals surface area contributed by atoms with E-state index in [1.807, 2.05) is 18.4 Å². The van der Waals surface area contributed by atoms with E-state index in [1.54, 1.807) is 6.26 Å². The summed E-state index contributed by atoms with van der Waals surface area (Å²) in [4.78, 5) is 21.5. The van der Waals surface area contributed by atoms with E-state index in [-0.39, 0.29) is 5.56 Å². The fourth-order valence-electron chi connectivity index (χ4n) is 2.31. The Hall–Kier alpha value is -1.53. The first-order chi connectivity index (χ1) is 9.26. The van der Waals surface area contributed by atoms with Gasteiger partial charge in [-0.1, -0.05) is 11.8 Å². The molecule has 3 rings (SSSR count). The molecular formula is C13H15N3O2S. The maximum atomic E-state index is 12.0. The average molecular weight is 277 g/mol. The van der Waals surface area contributed by atoms with Crippen molar-refractivity contribution in [1.29, 1.82) is 0 Å². The van der Waals surface area contributed by atoms with Gasteiger partial charge >= 0.3 is 0 Å². The lowest BCUT2D eigenvalue weighted by molar-refractivity contribution is 0.222. The van der Waals surface area contributed by atoms with Crippen LogP contribution in [0.25, 0.3) is 0 Å². The second kappa shape index (κ2) is 5.22. The van der Waals surface area contributed by atoms with E-state index in [1.165, 1.54) is 11.8 Å². The summed E-state index contributed by atoms with van der Waals surface area (Å²) in [6.45, 7) is 2.27. The molecular weight excluding hydrogens is 262 g/mol. The Labute approximate surface area is 115 Å².